The number of hydrogen-bond donors (Lipinski definition) is 2. The molecule has 2 aromatic rings. The number of fused-ring (bicyclic) bond motifs is 1. The van der Waals surface area contributed by atoms with Crippen LogP contribution in [0.2, 0.25) is 0 Å². The van der Waals surface area contributed by atoms with Crippen LogP contribution in [0.5, 0.6) is 5.75 Å². The summed E-state index contributed by atoms with van der Waals surface area (Å²) in [6, 6.07) is 15.4. The predicted molar refractivity (Wildman–Crippen MR) is 142 cm³/mol. The molecule has 0 spiro atoms. The van der Waals surface area contributed by atoms with E-state index in [1.807, 2.05) is 13.0 Å². The summed E-state index contributed by atoms with van der Waals surface area (Å²) >= 11 is 0. The molecule has 0 bridgehead atoms. The zero-order valence-electron chi connectivity index (χ0n) is 22.1. The number of ether oxygens (including phenoxy) is 2. The normalized spacial score (nSPS) is 21.5. The summed E-state index contributed by atoms with van der Waals surface area (Å²) in [6.07, 6.45) is 0.710. The Labute approximate surface area is 214 Å². The molecule has 3 rings (SSSR count). The highest BCUT2D eigenvalue weighted by molar-refractivity contribution is 5.99. The second-order valence-electron chi connectivity index (χ2n) is 9.60. The Morgan fingerprint density at radius 2 is 1.89 bits per heavy atom. The second kappa shape index (κ2) is 13.3. The summed E-state index contributed by atoms with van der Waals surface area (Å²) in [5.41, 5.74) is 2.19. The first-order valence-corrected chi connectivity index (χ1v) is 12.7. The topological polar surface area (TPSA) is 83.1 Å². The molecule has 8 nitrogen and oxygen atoms in total. The van der Waals surface area contributed by atoms with Crippen molar-refractivity contribution in [3.63, 3.8) is 0 Å². The average molecular weight is 497 g/mol. The molecule has 0 fully saturated rings. The number of rotatable bonds is 6. The number of nitrogens with one attached hydrogen (secondary N) is 2. The number of anilines is 1. The lowest BCUT2D eigenvalue weighted by Crippen LogP contribution is -2.46. The maximum absolute atomic E-state index is 13.5. The summed E-state index contributed by atoms with van der Waals surface area (Å²) in [7, 11) is 3.47. The number of amides is 3. The molecule has 0 aliphatic carbocycles. The summed E-state index contributed by atoms with van der Waals surface area (Å²) in [4.78, 5) is 29.7. The van der Waals surface area contributed by atoms with Gasteiger partial charge in [-0.2, -0.15) is 0 Å². The quantitative estimate of drug-likeness (QED) is 0.626. The molecule has 2 aromatic carbocycles. The lowest BCUT2D eigenvalue weighted by molar-refractivity contribution is 0.00921. The number of urea groups is 1. The smallest absolute Gasteiger partial charge is 0.319 e. The van der Waals surface area contributed by atoms with Gasteiger partial charge < -0.3 is 25.0 Å². The highest BCUT2D eigenvalue weighted by Gasteiger charge is 2.28. The van der Waals surface area contributed by atoms with Crippen LogP contribution in [-0.4, -0.2) is 74.3 Å². The van der Waals surface area contributed by atoms with Crippen molar-refractivity contribution < 1.29 is 19.1 Å². The molecular formula is C28H40N4O4. The van der Waals surface area contributed by atoms with E-state index in [1.165, 1.54) is 5.56 Å². The molecule has 36 heavy (non-hydrogen) atoms. The molecule has 1 aliphatic heterocycles. The Kier molecular flexibility index (Phi) is 10.1. The fraction of sp³-hybridized carbons (Fsp3) is 0.500. The van der Waals surface area contributed by atoms with Crippen LogP contribution >= 0.6 is 0 Å². The molecule has 8 heteroatoms. The molecule has 3 amide bonds. The monoisotopic (exact) mass is 496 g/mol. The van der Waals surface area contributed by atoms with Gasteiger partial charge in [0.05, 0.1) is 11.7 Å². The van der Waals surface area contributed by atoms with Crippen LogP contribution in [0.3, 0.4) is 0 Å². The SMILES string of the molecule is CCCNC(=O)Nc1ccc2c(c1)C(=O)N(C)C[C@@H](OC)[C@@H](C)CN(Cc1ccccc1)[C@@H](C)CO2. The van der Waals surface area contributed by atoms with Crippen LogP contribution in [0.25, 0.3) is 0 Å². The largest absolute Gasteiger partial charge is 0.491 e. The lowest BCUT2D eigenvalue weighted by Gasteiger charge is -2.36. The first-order chi connectivity index (χ1) is 17.3. The van der Waals surface area contributed by atoms with Crippen molar-refractivity contribution in [3.05, 3.63) is 59.7 Å². The third kappa shape index (κ3) is 7.45. The molecule has 0 saturated carbocycles. The highest BCUT2D eigenvalue weighted by Crippen LogP contribution is 2.27. The molecule has 0 unspecified atom stereocenters. The minimum absolute atomic E-state index is 0.0999. The van der Waals surface area contributed by atoms with Gasteiger partial charge in [-0.15, -0.1) is 0 Å². The molecule has 196 valence electrons. The minimum Gasteiger partial charge on any atom is -0.491 e. The van der Waals surface area contributed by atoms with Gasteiger partial charge in [-0.3, -0.25) is 9.69 Å². The first kappa shape index (κ1) is 27.5. The van der Waals surface area contributed by atoms with Crippen LogP contribution in [-0.2, 0) is 11.3 Å². The maximum atomic E-state index is 13.5. The Morgan fingerprint density at radius 3 is 2.58 bits per heavy atom. The summed E-state index contributed by atoms with van der Waals surface area (Å²) in [5.74, 6) is 0.511. The van der Waals surface area contributed by atoms with Crippen LogP contribution in [0.15, 0.2) is 48.5 Å². The van der Waals surface area contributed by atoms with Crippen LogP contribution in [0, 0.1) is 5.92 Å². The second-order valence-corrected chi connectivity index (χ2v) is 9.60. The summed E-state index contributed by atoms with van der Waals surface area (Å²) in [5, 5.41) is 5.60. The zero-order valence-corrected chi connectivity index (χ0v) is 22.1. The number of carbonyl (C=O) groups is 2. The Bertz CT molecular complexity index is 1000. The third-order valence-corrected chi connectivity index (χ3v) is 6.60. The number of benzene rings is 2. The van der Waals surface area contributed by atoms with E-state index >= 15 is 0 Å². The van der Waals surface area contributed by atoms with Gasteiger partial charge in [0.15, 0.2) is 0 Å². The summed E-state index contributed by atoms with van der Waals surface area (Å²) in [6.45, 7) is 9.34. The fourth-order valence-corrected chi connectivity index (χ4v) is 4.38. The van der Waals surface area contributed by atoms with E-state index < -0.39 is 0 Å². The van der Waals surface area contributed by atoms with Crippen molar-refractivity contribution >= 4 is 17.6 Å². The van der Waals surface area contributed by atoms with Crippen molar-refractivity contribution in [3.8, 4) is 5.75 Å². The third-order valence-electron chi connectivity index (χ3n) is 6.60. The molecule has 0 saturated heterocycles. The van der Waals surface area contributed by atoms with Crippen molar-refractivity contribution in [1.29, 1.82) is 0 Å². The van der Waals surface area contributed by atoms with E-state index in [0.717, 1.165) is 19.5 Å². The van der Waals surface area contributed by atoms with Crippen molar-refractivity contribution in [2.24, 2.45) is 5.92 Å². The van der Waals surface area contributed by atoms with Gasteiger partial charge in [0, 0.05) is 52.1 Å². The van der Waals surface area contributed by atoms with E-state index in [2.05, 4.69) is 53.6 Å². The van der Waals surface area contributed by atoms with Crippen molar-refractivity contribution in [2.75, 3.05) is 45.7 Å². The van der Waals surface area contributed by atoms with Gasteiger partial charge >= 0.3 is 6.03 Å². The van der Waals surface area contributed by atoms with Crippen LogP contribution in [0.4, 0.5) is 10.5 Å². The van der Waals surface area contributed by atoms with Crippen molar-refractivity contribution in [2.45, 2.75) is 45.9 Å². The molecule has 3 atom stereocenters. The van der Waals surface area contributed by atoms with Gasteiger partial charge in [-0.05, 0) is 43.0 Å². The van der Waals surface area contributed by atoms with E-state index in [4.69, 9.17) is 9.47 Å². The number of nitrogens with zero attached hydrogens (tertiary/aromatic N) is 2. The van der Waals surface area contributed by atoms with Gasteiger partial charge in [0.1, 0.15) is 12.4 Å². The number of hydrogen-bond acceptors (Lipinski definition) is 5. The summed E-state index contributed by atoms with van der Waals surface area (Å²) < 4.78 is 12.1. The van der Waals surface area contributed by atoms with Gasteiger partial charge in [0.25, 0.3) is 5.91 Å². The Hall–Kier alpha value is -3.10. The zero-order chi connectivity index (χ0) is 26.1. The van der Waals surface area contributed by atoms with E-state index in [0.29, 0.717) is 36.7 Å². The Balaban J connectivity index is 1.89. The highest BCUT2D eigenvalue weighted by atomic mass is 16.5. The fourth-order valence-electron chi connectivity index (χ4n) is 4.38. The van der Waals surface area contributed by atoms with Crippen LogP contribution < -0.4 is 15.4 Å². The Morgan fingerprint density at radius 1 is 1.14 bits per heavy atom. The maximum Gasteiger partial charge on any atom is 0.319 e. The van der Waals surface area contributed by atoms with Crippen molar-refractivity contribution in [1.82, 2.24) is 15.1 Å². The number of likely N-dealkylation sites (N-methyl/N-ethyl adjacent to an activating group) is 1. The van der Waals surface area contributed by atoms with Gasteiger partial charge in [-0.25, -0.2) is 4.79 Å². The van der Waals surface area contributed by atoms with Crippen LogP contribution in [0.1, 0.15) is 43.1 Å². The molecule has 1 heterocycles. The van der Waals surface area contributed by atoms with E-state index in [9.17, 15) is 9.59 Å². The molecule has 0 radical (unpaired) electrons. The molecule has 2 N–H and O–H groups in total. The standard InChI is InChI=1S/C28H40N4O4/c1-6-14-29-28(34)30-23-12-13-25-24(15-23)27(33)31(4)18-26(35-5)20(2)16-32(21(3)19-36-25)17-22-10-8-7-9-11-22/h7-13,15,20-21,26H,6,14,16-19H2,1-5H3,(H2,29,30,34)/t20-,21-,26+/m0/s1. The van der Waals surface area contributed by atoms with Gasteiger partial charge in [-0.1, -0.05) is 44.2 Å². The average Bonchev–Trinajstić information content (AvgIpc) is 2.88. The minimum atomic E-state index is -0.301. The van der Waals surface area contributed by atoms with E-state index in [-0.39, 0.29) is 30.0 Å². The molecule has 0 aromatic heterocycles. The molecular weight excluding hydrogens is 456 g/mol. The lowest BCUT2D eigenvalue weighted by atomic mass is 10.0. The predicted octanol–water partition coefficient (Wildman–Crippen LogP) is 4.22. The number of methoxy groups -OCH3 is 1. The van der Waals surface area contributed by atoms with E-state index in [1.54, 1.807) is 37.3 Å². The molecule has 1 aliphatic rings. The number of carbonyl (C=O) groups excluding carboxylic acids is 2. The van der Waals surface area contributed by atoms with Gasteiger partial charge in [0.2, 0.25) is 0 Å². The first-order valence-electron chi connectivity index (χ1n) is 12.7.